The Morgan fingerprint density at radius 1 is 1.41 bits per heavy atom. The van der Waals surface area contributed by atoms with Gasteiger partial charge in [-0.25, -0.2) is 15.0 Å². The summed E-state index contributed by atoms with van der Waals surface area (Å²) >= 11 is 0. The number of nitrogens with two attached hydrogens (primary N) is 1. The lowest BCUT2D eigenvalue weighted by Gasteiger charge is -2.14. The van der Waals surface area contributed by atoms with Crippen LogP contribution in [0.25, 0.3) is 11.2 Å². The monoisotopic (exact) mass is 235 g/mol. The van der Waals surface area contributed by atoms with Gasteiger partial charge in [0.2, 0.25) is 0 Å². The Labute approximate surface area is 97.3 Å². The molecule has 90 valence electrons. The van der Waals surface area contributed by atoms with Crippen LogP contribution in [0.5, 0.6) is 0 Å². The van der Waals surface area contributed by atoms with E-state index in [-0.39, 0.29) is 12.4 Å². The van der Waals surface area contributed by atoms with E-state index in [4.69, 9.17) is 5.73 Å². The zero-order chi connectivity index (χ0) is 12.4. The van der Waals surface area contributed by atoms with E-state index in [0.29, 0.717) is 11.2 Å². The highest BCUT2D eigenvalue weighted by atomic mass is 16.3. The first-order chi connectivity index (χ1) is 8.13. The van der Waals surface area contributed by atoms with Crippen molar-refractivity contribution < 1.29 is 10.2 Å². The van der Waals surface area contributed by atoms with Gasteiger partial charge in [0.05, 0.1) is 19.0 Å². The predicted molar refractivity (Wildman–Crippen MR) is 61.9 cm³/mol. The Kier molecular flexibility index (Phi) is 3.03. The van der Waals surface area contributed by atoms with Crippen LogP contribution >= 0.6 is 0 Å². The van der Waals surface area contributed by atoms with Crippen molar-refractivity contribution in [2.45, 2.75) is 18.8 Å². The van der Waals surface area contributed by atoms with Gasteiger partial charge in [-0.15, -0.1) is 6.58 Å². The van der Waals surface area contributed by atoms with E-state index >= 15 is 0 Å². The second kappa shape index (κ2) is 4.48. The predicted octanol–water partition coefficient (Wildman–Crippen LogP) is -0.684. The fourth-order valence-electron chi connectivity index (χ4n) is 1.50. The van der Waals surface area contributed by atoms with Crippen LogP contribution < -0.4 is 5.73 Å². The number of imidazole rings is 1. The summed E-state index contributed by atoms with van der Waals surface area (Å²) in [7, 11) is 0. The van der Waals surface area contributed by atoms with Gasteiger partial charge in [0.1, 0.15) is 17.9 Å². The summed E-state index contributed by atoms with van der Waals surface area (Å²) < 4.78 is 1.60. The molecule has 2 atom stereocenters. The molecule has 2 aromatic heterocycles. The van der Waals surface area contributed by atoms with Crippen LogP contribution in [-0.4, -0.2) is 41.9 Å². The molecule has 2 rings (SSSR count). The average molecular weight is 235 g/mol. The van der Waals surface area contributed by atoms with Gasteiger partial charge < -0.3 is 20.5 Å². The number of rotatable bonds is 4. The molecule has 0 aliphatic heterocycles. The molecule has 2 unspecified atom stereocenters. The average Bonchev–Trinajstić information content (AvgIpc) is 2.73. The third-order valence-corrected chi connectivity index (χ3v) is 2.45. The fourth-order valence-corrected chi connectivity index (χ4v) is 1.50. The normalized spacial score (nSPS) is 14.7. The van der Waals surface area contributed by atoms with Crippen molar-refractivity contribution in [1.82, 2.24) is 19.5 Å². The van der Waals surface area contributed by atoms with E-state index in [1.165, 1.54) is 18.7 Å². The minimum atomic E-state index is -0.994. The Bertz CT molecular complexity index is 538. The summed E-state index contributed by atoms with van der Waals surface area (Å²) in [4.78, 5) is 11.9. The molecule has 0 fully saturated rings. The lowest BCUT2D eigenvalue weighted by molar-refractivity contribution is 0.0381. The third kappa shape index (κ3) is 2.10. The summed E-state index contributed by atoms with van der Waals surface area (Å²) in [5.41, 5.74) is 6.63. The van der Waals surface area contributed by atoms with Gasteiger partial charge in [-0.05, 0) is 0 Å². The minimum Gasteiger partial charge on any atom is -0.388 e. The fraction of sp³-hybridized carbons (Fsp3) is 0.300. The number of hydrogen-bond acceptors (Lipinski definition) is 6. The summed E-state index contributed by atoms with van der Waals surface area (Å²) in [6.07, 6.45) is 2.13. The van der Waals surface area contributed by atoms with Crippen LogP contribution in [0.3, 0.4) is 0 Å². The van der Waals surface area contributed by atoms with Crippen molar-refractivity contribution in [3.05, 3.63) is 25.3 Å². The Morgan fingerprint density at radius 2 is 2.18 bits per heavy atom. The number of hydrogen-bond donors (Lipinski definition) is 3. The van der Waals surface area contributed by atoms with Gasteiger partial charge in [-0.2, -0.15) is 0 Å². The number of aromatic nitrogens is 4. The van der Waals surface area contributed by atoms with Crippen LogP contribution in [-0.2, 0) is 6.54 Å². The molecule has 0 bridgehead atoms. The van der Waals surface area contributed by atoms with Gasteiger partial charge in [-0.1, -0.05) is 6.08 Å². The van der Waals surface area contributed by atoms with E-state index in [2.05, 4.69) is 21.5 Å². The zero-order valence-corrected chi connectivity index (χ0v) is 9.06. The minimum absolute atomic E-state index is 0.153. The summed E-state index contributed by atoms with van der Waals surface area (Å²) in [6, 6.07) is 0. The zero-order valence-electron chi connectivity index (χ0n) is 9.06. The molecule has 0 saturated carbocycles. The van der Waals surface area contributed by atoms with Crippen molar-refractivity contribution in [3.63, 3.8) is 0 Å². The number of fused-ring (bicyclic) bond motifs is 1. The maximum absolute atomic E-state index is 9.67. The van der Waals surface area contributed by atoms with Gasteiger partial charge in [-0.3, -0.25) is 0 Å². The molecule has 0 spiro atoms. The molecule has 0 saturated heterocycles. The molecule has 7 nitrogen and oxygen atoms in total. The first-order valence-corrected chi connectivity index (χ1v) is 5.03. The van der Waals surface area contributed by atoms with Gasteiger partial charge in [0.25, 0.3) is 0 Å². The van der Waals surface area contributed by atoms with E-state index in [1.807, 2.05) is 0 Å². The number of aliphatic hydroxyl groups is 2. The summed E-state index contributed by atoms with van der Waals surface area (Å²) in [5.74, 6) is 0.285. The Hall–Kier alpha value is -1.99. The van der Waals surface area contributed by atoms with Crippen molar-refractivity contribution >= 4 is 17.0 Å². The van der Waals surface area contributed by atoms with E-state index in [9.17, 15) is 10.2 Å². The first kappa shape index (κ1) is 11.5. The maximum Gasteiger partial charge on any atom is 0.165 e. The lowest BCUT2D eigenvalue weighted by atomic mass is 10.2. The van der Waals surface area contributed by atoms with Crippen molar-refractivity contribution in [2.24, 2.45) is 0 Å². The molecule has 17 heavy (non-hydrogen) atoms. The topological polar surface area (TPSA) is 110 Å². The Balaban J connectivity index is 2.31. The molecule has 4 N–H and O–H groups in total. The van der Waals surface area contributed by atoms with Crippen LogP contribution in [0, 0.1) is 0 Å². The van der Waals surface area contributed by atoms with Crippen molar-refractivity contribution in [3.8, 4) is 0 Å². The van der Waals surface area contributed by atoms with Crippen molar-refractivity contribution in [1.29, 1.82) is 0 Å². The summed E-state index contributed by atoms with van der Waals surface area (Å²) in [6.45, 7) is 3.56. The lowest BCUT2D eigenvalue weighted by Crippen LogP contribution is -2.28. The smallest absolute Gasteiger partial charge is 0.165 e. The number of nitrogen functional groups attached to an aromatic ring is 1. The molecular formula is C10H13N5O2. The van der Waals surface area contributed by atoms with Gasteiger partial charge in [0, 0.05) is 0 Å². The number of aliphatic hydroxyl groups excluding tert-OH is 2. The Morgan fingerprint density at radius 3 is 2.88 bits per heavy atom. The van der Waals surface area contributed by atoms with E-state index in [1.54, 1.807) is 4.57 Å². The maximum atomic E-state index is 9.67. The third-order valence-electron chi connectivity index (χ3n) is 2.45. The molecule has 2 aromatic rings. The second-order valence-corrected chi connectivity index (χ2v) is 3.62. The standard InChI is InChI=1S/C10H13N5O2/c1-2-6(16)7(17)3-15-5-14-8-9(11)12-4-13-10(8)15/h2,4-7,16-17H,1,3H2,(H2,11,12,13). The molecule has 2 heterocycles. The number of anilines is 1. The molecule has 0 amide bonds. The highest BCUT2D eigenvalue weighted by molar-refractivity contribution is 5.81. The molecule has 0 radical (unpaired) electrons. The molecule has 0 aromatic carbocycles. The largest absolute Gasteiger partial charge is 0.388 e. The second-order valence-electron chi connectivity index (χ2n) is 3.62. The van der Waals surface area contributed by atoms with Gasteiger partial charge >= 0.3 is 0 Å². The van der Waals surface area contributed by atoms with Gasteiger partial charge in [0.15, 0.2) is 11.5 Å². The van der Waals surface area contributed by atoms with E-state index < -0.39 is 12.2 Å². The molecule has 0 aliphatic rings. The van der Waals surface area contributed by atoms with E-state index in [0.717, 1.165) is 0 Å². The number of nitrogens with zero attached hydrogens (tertiary/aromatic N) is 4. The highest BCUT2D eigenvalue weighted by Gasteiger charge is 2.16. The summed E-state index contributed by atoms with van der Waals surface area (Å²) in [5, 5.41) is 19.1. The van der Waals surface area contributed by atoms with Crippen LogP contribution in [0.2, 0.25) is 0 Å². The molecule has 7 heteroatoms. The molecular weight excluding hydrogens is 222 g/mol. The van der Waals surface area contributed by atoms with Crippen LogP contribution in [0.15, 0.2) is 25.3 Å². The van der Waals surface area contributed by atoms with Crippen LogP contribution in [0.1, 0.15) is 0 Å². The highest BCUT2D eigenvalue weighted by Crippen LogP contribution is 2.14. The van der Waals surface area contributed by atoms with Crippen molar-refractivity contribution in [2.75, 3.05) is 5.73 Å². The first-order valence-electron chi connectivity index (χ1n) is 5.03. The quantitative estimate of drug-likeness (QED) is 0.605. The molecule has 0 aliphatic carbocycles. The van der Waals surface area contributed by atoms with Crippen LogP contribution in [0.4, 0.5) is 5.82 Å². The SMILES string of the molecule is C=CC(O)C(O)Cn1cnc2c(N)ncnc21.